The lowest BCUT2D eigenvalue weighted by Crippen LogP contribution is -1.93. The average molecular weight is 251 g/mol. The minimum Gasteiger partial charge on any atom is -0.263 e. The summed E-state index contributed by atoms with van der Waals surface area (Å²) in [6, 6.07) is 12.1. The number of nitrogens with zero attached hydrogens (tertiary/aromatic N) is 4. The van der Waals surface area contributed by atoms with E-state index in [0.29, 0.717) is 11.6 Å². The van der Waals surface area contributed by atoms with E-state index in [-0.39, 0.29) is 0 Å². The lowest BCUT2D eigenvalue weighted by molar-refractivity contribution is 0.865. The molecule has 3 rings (SSSR count). The summed E-state index contributed by atoms with van der Waals surface area (Å²) in [6.07, 6.45) is 5.12. The molecule has 5 nitrogen and oxygen atoms in total. The Balaban J connectivity index is 1.69. The van der Waals surface area contributed by atoms with Gasteiger partial charge >= 0.3 is 0 Å². The van der Waals surface area contributed by atoms with Gasteiger partial charge in [-0.2, -0.15) is 0 Å². The van der Waals surface area contributed by atoms with E-state index in [1.165, 1.54) is 5.56 Å². The highest BCUT2D eigenvalue weighted by Gasteiger charge is 2.07. The third-order valence-corrected chi connectivity index (χ3v) is 2.79. The zero-order valence-corrected chi connectivity index (χ0v) is 10.3. The first kappa shape index (κ1) is 11.5. The van der Waals surface area contributed by atoms with Gasteiger partial charge in [-0.3, -0.25) is 5.10 Å². The highest BCUT2D eigenvalue weighted by atomic mass is 15.2. The molecule has 0 radical (unpaired) electrons. The minimum absolute atomic E-state index is 0.545. The van der Waals surface area contributed by atoms with Crippen LogP contribution >= 0.6 is 0 Å². The summed E-state index contributed by atoms with van der Waals surface area (Å²) < 4.78 is 0. The molecule has 0 fully saturated rings. The molecule has 1 aromatic carbocycles. The summed E-state index contributed by atoms with van der Waals surface area (Å²) in [4.78, 5) is 12.7. The Morgan fingerprint density at radius 3 is 2.42 bits per heavy atom. The second-order valence-corrected chi connectivity index (χ2v) is 4.16. The van der Waals surface area contributed by atoms with E-state index in [0.717, 1.165) is 18.7 Å². The fraction of sp³-hybridized carbons (Fsp3) is 0.143. The normalized spacial score (nSPS) is 10.5. The second kappa shape index (κ2) is 5.39. The van der Waals surface area contributed by atoms with E-state index in [1.54, 1.807) is 18.5 Å². The van der Waals surface area contributed by atoms with E-state index < -0.39 is 0 Å². The molecule has 0 aliphatic carbocycles. The van der Waals surface area contributed by atoms with Gasteiger partial charge in [0.1, 0.15) is 5.82 Å². The fourth-order valence-corrected chi connectivity index (χ4v) is 1.83. The van der Waals surface area contributed by atoms with Crippen LogP contribution in [0.3, 0.4) is 0 Å². The third-order valence-electron chi connectivity index (χ3n) is 2.79. The molecule has 94 valence electrons. The summed E-state index contributed by atoms with van der Waals surface area (Å²) in [5, 5.41) is 7.07. The number of aryl methyl sites for hydroxylation is 2. The highest BCUT2D eigenvalue weighted by Crippen LogP contribution is 2.09. The smallest absolute Gasteiger partial charge is 0.218 e. The van der Waals surface area contributed by atoms with Crippen LogP contribution in [0, 0.1) is 0 Å². The first-order valence-electron chi connectivity index (χ1n) is 6.14. The van der Waals surface area contributed by atoms with Crippen LogP contribution in [0.5, 0.6) is 0 Å². The summed E-state index contributed by atoms with van der Waals surface area (Å²) in [5.74, 6) is 1.94. The molecule has 0 saturated carbocycles. The zero-order valence-electron chi connectivity index (χ0n) is 10.3. The van der Waals surface area contributed by atoms with E-state index in [9.17, 15) is 0 Å². The average Bonchev–Trinajstić information content (AvgIpc) is 2.96. The van der Waals surface area contributed by atoms with Crippen LogP contribution in [0.15, 0.2) is 48.8 Å². The van der Waals surface area contributed by atoms with Crippen LogP contribution in [0.1, 0.15) is 11.4 Å². The number of H-pyrrole nitrogens is 1. The predicted octanol–water partition coefficient (Wildman–Crippen LogP) is 2.05. The maximum absolute atomic E-state index is 4.40. The van der Waals surface area contributed by atoms with Crippen molar-refractivity contribution >= 4 is 0 Å². The van der Waals surface area contributed by atoms with Crippen LogP contribution in [0.4, 0.5) is 0 Å². The quantitative estimate of drug-likeness (QED) is 0.770. The standard InChI is InChI=1S/C14H13N5/c1-2-5-11(6-3-1)7-8-12-17-14(19-18-12)13-15-9-4-10-16-13/h1-6,9-10H,7-8H2,(H,17,18,19). The predicted molar refractivity (Wildman–Crippen MR) is 71.3 cm³/mol. The van der Waals surface area contributed by atoms with Crippen molar-refractivity contribution in [3.05, 3.63) is 60.2 Å². The number of aromatic nitrogens is 5. The van der Waals surface area contributed by atoms with Crippen LogP contribution in [0.25, 0.3) is 11.6 Å². The van der Waals surface area contributed by atoms with Gasteiger partial charge in [0.25, 0.3) is 0 Å². The van der Waals surface area contributed by atoms with Gasteiger partial charge in [-0.05, 0) is 18.1 Å². The Kier molecular flexibility index (Phi) is 3.27. The first-order valence-corrected chi connectivity index (χ1v) is 6.14. The number of benzene rings is 1. The second-order valence-electron chi connectivity index (χ2n) is 4.16. The molecular weight excluding hydrogens is 238 g/mol. The molecule has 19 heavy (non-hydrogen) atoms. The van der Waals surface area contributed by atoms with Gasteiger partial charge in [0.15, 0.2) is 5.82 Å². The Morgan fingerprint density at radius 2 is 1.63 bits per heavy atom. The Bertz CT molecular complexity index is 633. The monoisotopic (exact) mass is 251 g/mol. The molecule has 0 atom stereocenters. The molecule has 0 amide bonds. The number of nitrogens with one attached hydrogen (secondary N) is 1. The summed E-state index contributed by atoms with van der Waals surface area (Å²) in [5.41, 5.74) is 1.29. The van der Waals surface area contributed by atoms with Crippen LogP contribution in [-0.4, -0.2) is 25.1 Å². The Labute approximate surface area is 110 Å². The molecule has 2 heterocycles. The van der Waals surface area contributed by atoms with Gasteiger partial charge < -0.3 is 0 Å². The Hall–Kier alpha value is -2.56. The van der Waals surface area contributed by atoms with Crippen molar-refractivity contribution in [3.8, 4) is 11.6 Å². The van der Waals surface area contributed by atoms with Gasteiger partial charge in [-0.25, -0.2) is 15.0 Å². The molecule has 0 unspecified atom stereocenters. The number of hydrogen-bond acceptors (Lipinski definition) is 4. The lowest BCUT2D eigenvalue weighted by Gasteiger charge is -1.97. The number of hydrogen-bond donors (Lipinski definition) is 1. The molecule has 0 aliphatic rings. The molecule has 3 aromatic rings. The van der Waals surface area contributed by atoms with Gasteiger partial charge in [-0.1, -0.05) is 30.3 Å². The van der Waals surface area contributed by atoms with Gasteiger partial charge in [0, 0.05) is 18.8 Å². The number of rotatable bonds is 4. The SMILES string of the molecule is c1ccc(CCc2nc(-c3ncccn3)n[nH]2)cc1. The number of aromatic amines is 1. The van der Waals surface area contributed by atoms with Gasteiger partial charge in [-0.15, -0.1) is 5.10 Å². The van der Waals surface area contributed by atoms with Gasteiger partial charge in [0.05, 0.1) is 0 Å². The van der Waals surface area contributed by atoms with E-state index >= 15 is 0 Å². The maximum Gasteiger partial charge on any atom is 0.218 e. The fourth-order valence-electron chi connectivity index (χ4n) is 1.83. The largest absolute Gasteiger partial charge is 0.263 e. The molecule has 2 aromatic heterocycles. The molecule has 1 N–H and O–H groups in total. The van der Waals surface area contributed by atoms with Crippen molar-refractivity contribution < 1.29 is 0 Å². The summed E-state index contributed by atoms with van der Waals surface area (Å²) in [7, 11) is 0. The van der Waals surface area contributed by atoms with Crippen molar-refractivity contribution in [2.24, 2.45) is 0 Å². The summed E-state index contributed by atoms with van der Waals surface area (Å²) >= 11 is 0. The van der Waals surface area contributed by atoms with Crippen LogP contribution < -0.4 is 0 Å². The van der Waals surface area contributed by atoms with Crippen molar-refractivity contribution in [3.63, 3.8) is 0 Å². The topological polar surface area (TPSA) is 67.3 Å². The lowest BCUT2D eigenvalue weighted by atomic mass is 10.1. The molecule has 0 aliphatic heterocycles. The third kappa shape index (κ3) is 2.82. The maximum atomic E-state index is 4.40. The molecule has 0 bridgehead atoms. The van der Waals surface area contributed by atoms with Crippen molar-refractivity contribution in [1.82, 2.24) is 25.1 Å². The van der Waals surface area contributed by atoms with Crippen molar-refractivity contribution in [2.75, 3.05) is 0 Å². The van der Waals surface area contributed by atoms with Crippen molar-refractivity contribution in [2.45, 2.75) is 12.8 Å². The molecule has 0 saturated heterocycles. The summed E-state index contributed by atoms with van der Waals surface area (Å²) in [6.45, 7) is 0. The molecule has 5 heteroatoms. The zero-order chi connectivity index (χ0) is 12.9. The Morgan fingerprint density at radius 1 is 0.842 bits per heavy atom. The minimum atomic E-state index is 0.545. The highest BCUT2D eigenvalue weighted by molar-refractivity contribution is 5.40. The molecule has 0 spiro atoms. The first-order chi connectivity index (χ1) is 9.42. The van der Waals surface area contributed by atoms with Crippen molar-refractivity contribution in [1.29, 1.82) is 0 Å². The van der Waals surface area contributed by atoms with Gasteiger partial charge in [0.2, 0.25) is 5.82 Å². The van der Waals surface area contributed by atoms with E-state index in [4.69, 9.17) is 0 Å². The van der Waals surface area contributed by atoms with E-state index in [1.807, 2.05) is 18.2 Å². The van der Waals surface area contributed by atoms with Crippen LogP contribution in [-0.2, 0) is 12.8 Å². The van der Waals surface area contributed by atoms with Crippen LogP contribution in [0.2, 0.25) is 0 Å². The van der Waals surface area contributed by atoms with E-state index in [2.05, 4.69) is 37.3 Å². The molecular formula is C14H13N5.